The third-order valence-electron chi connectivity index (χ3n) is 4.74. The van der Waals surface area contributed by atoms with Gasteiger partial charge in [0.2, 0.25) is 11.8 Å². The van der Waals surface area contributed by atoms with Crippen LogP contribution in [0.5, 0.6) is 0 Å². The van der Waals surface area contributed by atoms with Crippen LogP contribution in [-0.4, -0.2) is 45.7 Å². The Hall–Kier alpha value is -2.30. The Morgan fingerprint density at radius 2 is 2.05 bits per heavy atom. The van der Waals surface area contributed by atoms with Crippen LogP contribution in [0.1, 0.15) is 24.6 Å². The van der Waals surface area contributed by atoms with Gasteiger partial charge >= 0.3 is 0 Å². The van der Waals surface area contributed by atoms with E-state index in [2.05, 4.69) is 11.1 Å². The van der Waals surface area contributed by atoms with Gasteiger partial charge in [-0.1, -0.05) is 25.1 Å². The number of hydrogen-bond acceptors (Lipinski definition) is 2. The number of H-pyrrole nitrogens is 1. The van der Waals surface area contributed by atoms with E-state index in [0.29, 0.717) is 19.5 Å². The predicted molar refractivity (Wildman–Crippen MR) is 83.2 cm³/mol. The van der Waals surface area contributed by atoms with Crippen molar-refractivity contribution >= 4 is 22.7 Å². The largest absolute Gasteiger partial charge is 0.357 e. The number of benzene rings is 1. The topological polar surface area (TPSA) is 56.4 Å². The summed E-state index contributed by atoms with van der Waals surface area (Å²) in [6, 6.07) is 7.80. The van der Waals surface area contributed by atoms with Crippen molar-refractivity contribution in [3.63, 3.8) is 0 Å². The van der Waals surface area contributed by atoms with E-state index in [4.69, 9.17) is 0 Å². The summed E-state index contributed by atoms with van der Waals surface area (Å²) in [5, 5.41) is 1.17. The molecule has 0 saturated carbocycles. The minimum absolute atomic E-state index is 0.0577. The second-order valence-electron chi connectivity index (χ2n) is 6.13. The number of para-hydroxylation sites is 1. The number of hydrogen-bond donors (Lipinski definition) is 1. The van der Waals surface area contributed by atoms with Crippen molar-refractivity contribution in [1.29, 1.82) is 0 Å². The second-order valence-corrected chi connectivity index (χ2v) is 6.13. The molecule has 3 heterocycles. The normalized spacial score (nSPS) is 21.2. The van der Waals surface area contributed by atoms with Crippen molar-refractivity contribution in [2.24, 2.45) is 0 Å². The van der Waals surface area contributed by atoms with E-state index in [1.54, 1.807) is 9.80 Å². The molecule has 0 radical (unpaired) electrons. The molecule has 1 aromatic heterocycles. The van der Waals surface area contributed by atoms with Crippen molar-refractivity contribution in [2.45, 2.75) is 32.4 Å². The van der Waals surface area contributed by atoms with E-state index < -0.39 is 0 Å². The Balaban J connectivity index is 1.75. The molecule has 4 rings (SSSR count). The smallest absolute Gasteiger partial charge is 0.246 e. The van der Waals surface area contributed by atoms with Crippen LogP contribution in [0.2, 0.25) is 0 Å². The Bertz CT molecular complexity index is 764. The first kappa shape index (κ1) is 13.4. The fourth-order valence-corrected chi connectivity index (χ4v) is 3.69. The van der Waals surface area contributed by atoms with Gasteiger partial charge in [-0.05, 0) is 18.1 Å². The van der Waals surface area contributed by atoms with Crippen molar-refractivity contribution in [2.75, 3.05) is 13.1 Å². The molecular weight excluding hydrogens is 278 g/mol. The number of rotatable bonds is 2. The molecule has 5 heteroatoms. The molecule has 22 heavy (non-hydrogen) atoms. The fourth-order valence-electron chi connectivity index (χ4n) is 3.69. The zero-order chi connectivity index (χ0) is 15.3. The monoisotopic (exact) mass is 297 g/mol. The molecule has 1 fully saturated rings. The zero-order valence-corrected chi connectivity index (χ0v) is 12.6. The maximum absolute atomic E-state index is 12.7. The Morgan fingerprint density at radius 3 is 2.86 bits per heavy atom. The van der Waals surface area contributed by atoms with Crippen molar-refractivity contribution < 1.29 is 9.59 Å². The molecular formula is C17H19N3O2. The lowest BCUT2D eigenvalue weighted by atomic mass is 9.94. The van der Waals surface area contributed by atoms with Crippen molar-refractivity contribution in [3.8, 4) is 0 Å². The quantitative estimate of drug-likeness (QED) is 0.917. The highest BCUT2D eigenvalue weighted by molar-refractivity contribution is 5.96. The molecule has 1 N–H and O–H groups in total. The van der Waals surface area contributed by atoms with Gasteiger partial charge in [0.25, 0.3) is 0 Å². The van der Waals surface area contributed by atoms with Crippen LogP contribution in [0.3, 0.4) is 0 Å². The molecule has 1 saturated heterocycles. The molecule has 0 bridgehead atoms. The van der Waals surface area contributed by atoms with Gasteiger partial charge in [-0.2, -0.15) is 0 Å². The molecule has 5 nitrogen and oxygen atoms in total. The molecule has 0 aliphatic carbocycles. The molecule has 0 unspecified atom stereocenters. The molecule has 114 valence electrons. The average molecular weight is 297 g/mol. The van der Waals surface area contributed by atoms with E-state index in [-0.39, 0.29) is 24.4 Å². The number of aromatic amines is 1. The second kappa shape index (κ2) is 4.87. The number of carbonyl (C=O) groups is 2. The Kier molecular flexibility index (Phi) is 2.96. The lowest BCUT2D eigenvalue weighted by Gasteiger charge is -2.42. The van der Waals surface area contributed by atoms with Crippen molar-refractivity contribution in [1.82, 2.24) is 14.8 Å². The lowest BCUT2D eigenvalue weighted by Crippen LogP contribution is -2.61. The highest BCUT2D eigenvalue weighted by Gasteiger charge is 2.42. The lowest BCUT2D eigenvalue weighted by molar-refractivity contribution is -0.157. The van der Waals surface area contributed by atoms with Gasteiger partial charge in [-0.3, -0.25) is 9.59 Å². The van der Waals surface area contributed by atoms with Crippen LogP contribution in [0, 0.1) is 0 Å². The third kappa shape index (κ3) is 1.85. The third-order valence-corrected chi connectivity index (χ3v) is 4.74. The summed E-state index contributed by atoms with van der Waals surface area (Å²) in [5.41, 5.74) is 3.34. The minimum atomic E-state index is -0.334. The van der Waals surface area contributed by atoms with Crippen LogP contribution in [0.15, 0.2) is 24.3 Å². The molecule has 2 amide bonds. The summed E-state index contributed by atoms with van der Waals surface area (Å²) in [5.74, 6) is 0.153. The molecule has 2 aliphatic heterocycles. The van der Waals surface area contributed by atoms with E-state index >= 15 is 0 Å². The van der Waals surface area contributed by atoms with Gasteiger partial charge in [0.05, 0.1) is 13.1 Å². The summed E-state index contributed by atoms with van der Waals surface area (Å²) in [6.45, 7) is 3.43. The number of amides is 2. The standard InChI is InChI=1S/C17H19N3O2/c1-2-7-19-10-16(21)20-9-14-12(8-15(20)17(19)22)11-5-3-4-6-13(11)18-14/h3-6,15,18H,2,7-10H2,1H3/t15-/m1/s1. The molecule has 1 atom stereocenters. The van der Waals surface area contributed by atoms with Gasteiger partial charge in [0, 0.05) is 29.6 Å². The summed E-state index contributed by atoms with van der Waals surface area (Å²) < 4.78 is 0. The van der Waals surface area contributed by atoms with E-state index in [9.17, 15) is 9.59 Å². The van der Waals surface area contributed by atoms with Gasteiger partial charge < -0.3 is 14.8 Å². The number of fused-ring (bicyclic) bond motifs is 4. The molecule has 2 aromatic rings. The Morgan fingerprint density at radius 1 is 1.23 bits per heavy atom. The first-order valence-corrected chi connectivity index (χ1v) is 7.85. The maximum Gasteiger partial charge on any atom is 0.246 e. The van der Waals surface area contributed by atoms with Crippen LogP contribution in [-0.2, 0) is 22.6 Å². The van der Waals surface area contributed by atoms with E-state index in [0.717, 1.165) is 17.6 Å². The fraction of sp³-hybridized carbons (Fsp3) is 0.412. The Labute approximate surface area is 128 Å². The van der Waals surface area contributed by atoms with Crippen LogP contribution in [0.25, 0.3) is 10.9 Å². The van der Waals surface area contributed by atoms with Crippen LogP contribution < -0.4 is 0 Å². The first-order valence-electron chi connectivity index (χ1n) is 7.85. The summed E-state index contributed by atoms with van der Waals surface area (Å²) in [4.78, 5) is 31.9. The highest BCUT2D eigenvalue weighted by Crippen LogP contribution is 2.32. The number of nitrogens with one attached hydrogen (secondary N) is 1. The van der Waals surface area contributed by atoms with Gasteiger partial charge in [-0.15, -0.1) is 0 Å². The number of piperazine rings is 1. The number of carbonyl (C=O) groups excluding carboxylic acids is 2. The maximum atomic E-state index is 12.7. The van der Waals surface area contributed by atoms with Gasteiger partial charge in [0.15, 0.2) is 0 Å². The average Bonchev–Trinajstić information content (AvgIpc) is 2.89. The molecule has 2 aliphatic rings. The van der Waals surface area contributed by atoms with Gasteiger partial charge in [-0.25, -0.2) is 0 Å². The molecule has 1 aromatic carbocycles. The summed E-state index contributed by atoms with van der Waals surface area (Å²) in [6.07, 6.45) is 1.49. The van der Waals surface area contributed by atoms with Crippen LogP contribution >= 0.6 is 0 Å². The first-order chi connectivity index (χ1) is 10.7. The predicted octanol–water partition coefficient (Wildman–Crippen LogP) is 1.67. The van der Waals surface area contributed by atoms with Crippen LogP contribution in [0.4, 0.5) is 0 Å². The van der Waals surface area contributed by atoms with E-state index in [1.165, 1.54) is 10.9 Å². The number of aromatic nitrogens is 1. The van der Waals surface area contributed by atoms with E-state index in [1.807, 2.05) is 25.1 Å². The van der Waals surface area contributed by atoms with Gasteiger partial charge in [0.1, 0.15) is 6.04 Å². The molecule has 0 spiro atoms. The minimum Gasteiger partial charge on any atom is -0.357 e. The summed E-state index contributed by atoms with van der Waals surface area (Å²) in [7, 11) is 0. The number of nitrogens with zero attached hydrogens (tertiary/aromatic N) is 2. The zero-order valence-electron chi connectivity index (χ0n) is 12.6. The highest BCUT2D eigenvalue weighted by atomic mass is 16.2. The SMILES string of the molecule is CCCN1CC(=O)N2Cc3[nH]c4ccccc4c3C[C@@H]2C1=O. The summed E-state index contributed by atoms with van der Waals surface area (Å²) >= 11 is 0. The van der Waals surface area contributed by atoms with Crippen molar-refractivity contribution in [3.05, 3.63) is 35.5 Å².